The SMILES string of the molecule is Cl.Cl.Nc1cccc(N2CCNCC2)c1. The molecule has 0 spiro atoms. The number of benzene rings is 1. The lowest BCUT2D eigenvalue weighted by molar-refractivity contribution is 0.589. The minimum absolute atomic E-state index is 0. The number of anilines is 2. The number of nitrogens with two attached hydrogens (primary N) is 1. The highest BCUT2D eigenvalue weighted by atomic mass is 35.5. The van der Waals surface area contributed by atoms with E-state index in [9.17, 15) is 0 Å². The highest BCUT2D eigenvalue weighted by Gasteiger charge is 2.09. The van der Waals surface area contributed by atoms with Crippen LogP contribution in [0.1, 0.15) is 0 Å². The molecule has 0 radical (unpaired) electrons. The second-order valence-corrected chi connectivity index (χ2v) is 3.33. The molecule has 3 nitrogen and oxygen atoms in total. The van der Waals surface area contributed by atoms with Crippen LogP contribution in [0.5, 0.6) is 0 Å². The number of halogens is 2. The Morgan fingerprint density at radius 3 is 2.40 bits per heavy atom. The van der Waals surface area contributed by atoms with E-state index in [1.54, 1.807) is 0 Å². The Labute approximate surface area is 103 Å². The Bertz CT molecular complexity index is 288. The van der Waals surface area contributed by atoms with Crippen LogP contribution in [0.25, 0.3) is 0 Å². The normalized spacial score (nSPS) is 15.1. The molecule has 1 heterocycles. The van der Waals surface area contributed by atoms with Crippen molar-refractivity contribution in [3.05, 3.63) is 24.3 Å². The lowest BCUT2D eigenvalue weighted by atomic mass is 10.2. The number of hydrogen-bond donors (Lipinski definition) is 2. The maximum Gasteiger partial charge on any atom is 0.0387 e. The summed E-state index contributed by atoms with van der Waals surface area (Å²) in [6, 6.07) is 8.07. The molecule has 0 amide bonds. The summed E-state index contributed by atoms with van der Waals surface area (Å²) in [5.41, 5.74) is 7.80. The Morgan fingerprint density at radius 2 is 1.80 bits per heavy atom. The molecule has 15 heavy (non-hydrogen) atoms. The summed E-state index contributed by atoms with van der Waals surface area (Å²) in [4.78, 5) is 2.35. The van der Waals surface area contributed by atoms with E-state index in [-0.39, 0.29) is 24.8 Å². The molecule has 0 atom stereocenters. The van der Waals surface area contributed by atoms with Gasteiger partial charge in [0.1, 0.15) is 0 Å². The average Bonchev–Trinajstić information content (AvgIpc) is 2.19. The van der Waals surface area contributed by atoms with Gasteiger partial charge in [-0.1, -0.05) is 6.07 Å². The first-order valence-corrected chi connectivity index (χ1v) is 4.67. The van der Waals surface area contributed by atoms with E-state index in [1.165, 1.54) is 5.69 Å². The predicted molar refractivity (Wildman–Crippen MR) is 70.4 cm³/mol. The predicted octanol–water partition coefficient (Wildman–Crippen LogP) is 1.52. The van der Waals surface area contributed by atoms with Crippen LogP contribution in [-0.2, 0) is 0 Å². The minimum Gasteiger partial charge on any atom is -0.399 e. The lowest BCUT2D eigenvalue weighted by Gasteiger charge is -2.29. The van der Waals surface area contributed by atoms with Crippen LogP contribution in [-0.4, -0.2) is 26.2 Å². The van der Waals surface area contributed by atoms with Gasteiger partial charge in [-0.25, -0.2) is 0 Å². The van der Waals surface area contributed by atoms with Crippen molar-refractivity contribution >= 4 is 36.2 Å². The van der Waals surface area contributed by atoms with Crippen molar-refractivity contribution in [2.75, 3.05) is 36.8 Å². The van der Waals surface area contributed by atoms with E-state index in [4.69, 9.17) is 5.73 Å². The molecule has 0 bridgehead atoms. The molecule has 1 aliphatic rings. The van der Waals surface area contributed by atoms with E-state index in [1.807, 2.05) is 18.2 Å². The third kappa shape index (κ3) is 3.78. The zero-order valence-electron chi connectivity index (χ0n) is 8.48. The first-order chi connectivity index (χ1) is 6.36. The molecule has 0 aliphatic carbocycles. The third-order valence-corrected chi connectivity index (χ3v) is 2.35. The van der Waals surface area contributed by atoms with E-state index in [0.29, 0.717) is 0 Å². The number of nitrogens with one attached hydrogen (secondary N) is 1. The molecule has 0 unspecified atom stereocenters. The molecule has 86 valence electrons. The molecule has 3 N–H and O–H groups in total. The number of hydrogen-bond acceptors (Lipinski definition) is 3. The van der Waals surface area contributed by atoms with Crippen LogP contribution >= 0.6 is 24.8 Å². The van der Waals surface area contributed by atoms with Crippen LogP contribution in [0.15, 0.2) is 24.3 Å². The van der Waals surface area contributed by atoms with Gasteiger partial charge in [0.25, 0.3) is 0 Å². The fourth-order valence-corrected chi connectivity index (χ4v) is 1.64. The fourth-order valence-electron chi connectivity index (χ4n) is 1.64. The van der Waals surface area contributed by atoms with Crippen molar-refractivity contribution in [3.8, 4) is 0 Å². The smallest absolute Gasteiger partial charge is 0.0387 e. The van der Waals surface area contributed by atoms with Crippen LogP contribution in [0.2, 0.25) is 0 Å². The Kier molecular flexibility index (Phi) is 6.48. The van der Waals surface area contributed by atoms with Gasteiger partial charge in [-0.2, -0.15) is 0 Å². The summed E-state index contributed by atoms with van der Waals surface area (Å²) in [6.45, 7) is 4.27. The van der Waals surface area contributed by atoms with Crippen molar-refractivity contribution in [2.24, 2.45) is 0 Å². The topological polar surface area (TPSA) is 41.3 Å². The lowest BCUT2D eigenvalue weighted by Crippen LogP contribution is -2.43. The van der Waals surface area contributed by atoms with Crippen molar-refractivity contribution in [2.45, 2.75) is 0 Å². The van der Waals surface area contributed by atoms with Crippen LogP contribution in [0, 0.1) is 0 Å². The molecule has 1 fully saturated rings. The maximum absolute atomic E-state index is 5.72. The van der Waals surface area contributed by atoms with Crippen molar-refractivity contribution in [1.82, 2.24) is 5.32 Å². The summed E-state index contributed by atoms with van der Waals surface area (Å²) in [5, 5.41) is 3.33. The van der Waals surface area contributed by atoms with Gasteiger partial charge >= 0.3 is 0 Å². The van der Waals surface area contributed by atoms with Gasteiger partial charge in [0.05, 0.1) is 0 Å². The number of rotatable bonds is 1. The van der Waals surface area contributed by atoms with E-state index in [0.717, 1.165) is 31.9 Å². The van der Waals surface area contributed by atoms with Crippen LogP contribution in [0.3, 0.4) is 0 Å². The van der Waals surface area contributed by atoms with Crippen molar-refractivity contribution in [1.29, 1.82) is 0 Å². The van der Waals surface area contributed by atoms with E-state index >= 15 is 0 Å². The van der Waals surface area contributed by atoms with Crippen molar-refractivity contribution < 1.29 is 0 Å². The Balaban J connectivity index is 0.000000980. The summed E-state index contributed by atoms with van der Waals surface area (Å²) in [7, 11) is 0. The number of piperazine rings is 1. The highest BCUT2D eigenvalue weighted by molar-refractivity contribution is 5.85. The molecular weight excluding hydrogens is 233 g/mol. The minimum atomic E-state index is 0. The summed E-state index contributed by atoms with van der Waals surface area (Å²) in [5.74, 6) is 0. The first kappa shape index (κ1) is 14.4. The fraction of sp³-hybridized carbons (Fsp3) is 0.400. The maximum atomic E-state index is 5.72. The first-order valence-electron chi connectivity index (χ1n) is 4.67. The summed E-state index contributed by atoms with van der Waals surface area (Å²) in [6.07, 6.45) is 0. The van der Waals surface area contributed by atoms with Gasteiger partial charge in [-0.3, -0.25) is 0 Å². The van der Waals surface area contributed by atoms with E-state index in [2.05, 4.69) is 16.3 Å². The van der Waals surface area contributed by atoms with Gasteiger partial charge in [0.15, 0.2) is 0 Å². The Hall–Kier alpha value is -0.640. The summed E-state index contributed by atoms with van der Waals surface area (Å²) < 4.78 is 0. The van der Waals surface area contributed by atoms with Crippen LogP contribution < -0.4 is 16.0 Å². The summed E-state index contributed by atoms with van der Waals surface area (Å²) >= 11 is 0. The zero-order chi connectivity index (χ0) is 9.10. The molecule has 0 saturated carbocycles. The second kappa shape index (κ2) is 6.77. The Morgan fingerprint density at radius 1 is 1.13 bits per heavy atom. The van der Waals surface area contributed by atoms with Crippen LogP contribution in [0.4, 0.5) is 11.4 Å². The molecule has 5 heteroatoms. The van der Waals surface area contributed by atoms with Crippen molar-refractivity contribution in [3.63, 3.8) is 0 Å². The second-order valence-electron chi connectivity index (χ2n) is 3.33. The average molecular weight is 250 g/mol. The molecule has 1 aromatic rings. The van der Waals surface area contributed by atoms with Gasteiger partial charge in [-0.05, 0) is 18.2 Å². The molecule has 0 aromatic heterocycles. The largest absolute Gasteiger partial charge is 0.399 e. The monoisotopic (exact) mass is 249 g/mol. The number of nitrogen functional groups attached to an aromatic ring is 1. The zero-order valence-corrected chi connectivity index (χ0v) is 10.1. The highest BCUT2D eigenvalue weighted by Crippen LogP contribution is 2.17. The number of nitrogens with zero attached hydrogens (tertiary/aromatic N) is 1. The van der Waals surface area contributed by atoms with E-state index < -0.39 is 0 Å². The molecule has 2 rings (SSSR count). The quantitative estimate of drug-likeness (QED) is 0.742. The molecule has 1 aliphatic heterocycles. The molecular formula is C10H17Cl2N3. The molecule has 1 saturated heterocycles. The third-order valence-electron chi connectivity index (χ3n) is 2.35. The van der Waals surface area contributed by atoms with Gasteiger partial charge in [0.2, 0.25) is 0 Å². The van der Waals surface area contributed by atoms with Gasteiger partial charge < -0.3 is 16.0 Å². The van der Waals surface area contributed by atoms with Gasteiger partial charge in [-0.15, -0.1) is 24.8 Å². The standard InChI is InChI=1S/C10H15N3.2ClH/c11-9-2-1-3-10(8-9)13-6-4-12-5-7-13;;/h1-3,8,12H,4-7,11H2;2*1H. The molecule has 1 aromatic carbocycles. The van der Waals surface area contributed by atoms with Gasteiger partial charge in [0, 0.05) is 37.6 Å².